The van der Waals surface area contributed by atoms with Gasteiger partial charge in [-0.3, -0.25) is 0 Å². The van der Waals surface area contributed by atoms with Crippen molar-refractivity contribution in [2.45, 2.75) is 13.0 Å². The van der Waals surface area contributed by atoms with E-state index in [1.54, 1.807) is 12.1 Å². The largest absolute Gasteiger partial charge is 0.409 e. The molecule has 0 unspecified atom stereocenters. The van der Waals surface area contributed by atoms with Gasteiger partial charge in [0.1, 0.15) is 11.7 Å². The maximum Gasteiger partial charge on any atom is 0.140 e. The molecule has 0 heterocycles. The molecular formula is C10H14FN3O. The highest BCUT2D eigenvalue weighted by Crippen LogP contribution is 2.01. The predicted molar refractivity (Wildman–Crippen MR) is 56.1 cm³/mol. The molecule has 0 radical (unpaired) electrons. The lowest BCUT2D eigenvalue weighted by atomic mass is 10.2. The number of oxime groups is 1. The standard InChI is InChI=1S/C10H14FN3O/c11-9-3-1-8(2-4-9)7-13-6-5-10(12)14-15/h1-4,13,15H,5-7H2,(H2,12,14). The van der Waals surface area contributed by atoms with Crippen LogP contribution in [0.5, 0.6) is 0 Å². The fraction of sp³-hybridized carbons (Fsp3) is 0.300. The van der Waals surface area contributed by atoms with Crippen molar-refractivity contribution in [1.82, 2.24) is 5.32 Å². The average Bonchev–Trinajstić information content (AvgIpc) is 2.26. The highest BCUT2D eigenvalue weighted by atomic mass is 19.1. The van der Waals surface area contributed by atoms with Gasteiger partial charge in [0.2, 0.25) is 0 Å². The van der Waals surface area contributed by atoms with E-state index in [9.17, 15) is 4.39 Å². The molecule has 0 saturated heterocycles. The van der Waals surface area contributed by atoms with Crippen LogP contribution < -0.4 is 11.1 Å². The Labute approximate surface area is 87.6 Å². The minimum absolute atomic E-state index is 0.196. The van der Waals surface area contributed by atoms with E-state index in [-0.39, 0.29) is 11.7 Å². The van der Waals surface area contributed by atoms with Crippen molar-refractivity contribution in [3.8, 4) is 0 Å². The number of hydrogen-bond donors (Lipinski definition) is 3. The van der Waals surface area contributed by atoms with Crippen LogP contribution in [0.25, 0.3) is 0 Å². The van der Waals surface area contributed by atoms with Crippen molar-refractivity contribution in [3.05, 3.63) is 35.6 Å². The Bertz CT molecular complexity index is 324. The third-order valence-corrected chi connectivity index (χ3v) is 1.93. The molecule has 0 spiro atoms. The topological polar surface area (TPSA) is 70.6 Å². The van der Waals surface area contributed by atoms with Crippen LogP contribution in [0, 0.1) is 5.82 Å². The summed E-state index contributed by atoms with van der Waals surface area (Å²) < 4.78 is 12.5. The molecule has 0 aliphatic carbocycles. The quantitative estimate of drug-likeness (QED) is 0.224. The highest BCUT2D eigenvalue weighted by molar-refractivity contribution is 5.79. The van der Waals surface area contributed by atoms with Crippen LogP contribution in [0.4, 0.5) is 4.39 Å². The average molecular weight is 211 g/mol. The summed E-state index contributed by atoms with van der Waals surface area (Å²) in [5.41, 5.74) is 6.28. The lowest BCUT2D eigenvalue weighted by Crippen LogP contribution is -2.21. The second-order valence-electron chi connectivity index (χ2n) is 3.14. The molecule has 0 amide bonds. The van der Waals surface area contributed by atoms with Crippen LogP contribution in [0.15, 0.2) is 29.4 Å². The summed E-state index contributed by atoms with van der Waals surface area (Å²) in [6.07, 6.45) is 0.484. The van der Waals surface area contributed by atoms with E-state index < -0.39 is 0 Å². The summed E-state index contributed by atoms with van der Waals surface area (Å²) in [6.45, 7) is 1.26. The molecule has 1 aromatic carbocycles. The number of amidine groups is 1. The first-order valence-electron chi connectivity index (χ1n) is 4.64. The van der Waals surface area contributed by atoms with Gasteiger partial charge < -0.3 is 16.3 Å². The molecule has 0 aliphatic heterocycles. The van der Waals surface area contributed by atoms with Gasteiger partial charge in [-0.25, -0.2) is 4.39 Å². The maximum atomic E-state index is 12.5. The number of nitrogens with zero attached hydrogens (tertiary/aromatic N) is 1. The summed E-state index contributed by atoms with van der Waals surface area (Å²) in [6, 6.07) is 6.26. The molecule has 5 heteroatoms. The maximum absolute atomic E-state index is 12.5. The number of halogens is 1. The molecule has 82 valence electrons. The zero-order valence-electron chi connectivity index (χ0n) is 8.28. The van der Waals surface area contributed by atoms with E-state index in [1.165, 1.54) is 12.1 Å². The molecule has 0 aromatic heterocycles. The first kappa shape index (κ1) is 11.5. The molecule has 4 N–H and O–H groups in total. The number of nitrogens with two attached hydrogens (primary N) is 1. The van der Waals surface area contributed by atoms with Gasteiger partial charge in [0.05, 0.1) is 0 Å². The summed E-state index contributed by atoms with van der Waals surface area (Å²) in [4.78, 5) is 0. The summed E-state index contributed by atoms with van der Waals surface area (Å²) in [7, 11) is 0. The first-order valence-corrected chi connectivity index (χ1v) is 4.64. The zero-order valence-corrected chi connectivity index (χ0v) is 8.28. The minimum Gasteiger partial charge on any atom is -0.409 e. The Morgan fingerprint density at radius 2 is 2.07 bits per heavy atom. The number of hydrogen-bond acceptors (Lipinski definition) is 3. The Hall–Kier alpha value is -1.62. The summed E-state index contributed by atoms with van der Waals surface area (Å²) >= 11 is 0. The molecule has 0 saturated carbocycles. The fourth-order valence-electron chi connectivity index (χ4n) is 1.10. The van der Waals surface area contributed by atoms with Crippen molar-refractivity contribution < 1.29 is 9.60 Å². The molecule has 0 bridgehead atoms. The molecule has 1 aromatic rings. The van der Waals surface area contributed by atoms with Gasteiger partial charge in [0.25, 0.3) is 0 Å². The van der Waals surface area contributed by atoms with Crippen LogP contribution in [0.1, 0.15) is 12.0 Å². The second kappa shape index (κ2) is 5.98. The number of benzene rings is 1. The molecular weight excluding hydrogens is 197 g/mol. The van der Waals surface area contributed by atoms with Crippen LogP contribution in [-0.2, 0) is 6.54 Å². The Morgan fingerprint density at radius 3 is 2.67 bits per heavy atom. The van der Waals surface area contributed by atoms with Crippen LogP contribution in [-0.4, -0.2) is 17.6 Å². The summed E-state index contributed by atoms with van der Waals surface area (Å²) in [5, 5.41) is 14.2. The van der Waals surface area contributed by atoms with E-state index in [2.05, 4.69) is 10.5 Å². The molecule has 0 fully saturated rings. The van der Waals surface area contributed by atoms with Crippen LogP contribution >= 0.6 is 0 Å². The predicted octanol–water partition coefficient (Wildman–Crippen LogP) is 1.05. The molecule has 0 atom stereocenters. The van der Waals surface area contributed by atoms with Crippen molar-refractivity contribution in [1.29, 1.82) is 0 Å². The lowest BCUT2D eigenvalue weighted by molar-refractivity contribution is 0.316. The third-order valence-electron chi connectivity index (χ3n) is 1.93. The smallest absolute Gasteiger partial charge is 0.140 e. The van der Waals surface area contributed by atoms with Gasteiger partial charge in [-0.2, -0.15) is 0 Å². The van der Waals surface area contributed by atoms with Crippen molar-refractivity contribution >= 4 is 5.84 Å². The zero-order chi connectivity index (χ0) is 11.1. The van der Waals surface area contributed by atoms with Gasteiger partial charge in [-0.15, -0.1) is 0 Å². The normalized spacial score (nSPS) is 11.7. The van der Waals surface area contributed by atoms with Crippen molar-refractivity contribution in [2.24, 2.45) is 10.9 Å². The third kappa shape index (κ3) is 4.42. The second-order valence-corrected chi connectivity index (χ2v) is 3.14. The van der Waals surface area contributed by atoms with Crippen LogP contribution in [0.2, 0.25) is 0 Å². The van der Waals surface area contributed by atoms with Gasteiger partial charge in [0.15, 0.2) is 0 Å². The monoisotopic (exact) mass is 211 g/mol. The highest BCUT2D eigenvalue weighted by Gasteiger charge is 1.95. The molecule has 15 heavy (non-hydrogen) atoms. The molecule has 1 rings (SSSR count). The van der Waals surface area contributed by atoms with Gasteiger partial charge in [-0.1, -0.05) is 17.3 Å². The van der Waals surface area contributed by atoms with Gasteiger partial charge in [0, 0.05) is 19.5 Å². The lowest BCUT2D eigenvalue weighted by Gasteiger charge is -2.03. The molecule has 0 aliphatic rings. The Kier molecular flexibility index (Phi) is 4.56. The Balaban J connectivity index is 2.23. The fourth-order valence-corrected chi connectivity index (χ4v) is 1.10. The summed E-state index contributed by atoms with van der Waals surface area (Å²) in [5.74, 6) is -0.0444. The number of nitrogens with one attached hydrogen (secondary N) is 1. The van der Waals surface area contributed by atoms with E-state index in [0.29, 0.717) is 19.5 Å². The van der Waals surface area contributed by atoms with Gasteiger partial charge in [-0.05, 0) is 17.7 Å². The van der Waals surface area contributed by atoms with E-state index in [1.807, 2.05) is 0 Å². The van der Waals surface area contributed by atoms with Crippen molar-refractivity contribution in [2.75, 3.05) is 6.54 Å². The van der Waals surface area contributed by atoms with E-state index in [4.69, 9.17) is 10.9 Å². The van der Waals surface area contributed by atoms with E-state index in [0.717, 1.165) is 5.56 Å². The number of rotatable bonds is 5. The SMILES string of the molecule is NC(CCNCc1ccc(F)cc1)=NO. The van der Waals surface area contributed by atoms with Gasteiger partial charge >= 0.3 is 0 Å². The Morgan fingerprint density at radius 1 is 1.40 bits per heavy atom. The van der Waals surface area contributed by atoms with Crippen LogP contribution in [0.3, 0.4) is 0 Å². The minimum atomic E-state index is -0.240. The first-order chi connectivity index (χ1) is 7.22. The molecule has 4 nitrogen and oxygen atoms in total. The van der Waals surface area contributed by atoms with E-state index >= 15 is 0 Å². The van der Waals surface area contributed by atoms with Crippen molar-refractivity contribution in [3.63, 3.8) is 0 Å².